The molecule has 3 heteroatoms. The van der Waals surface area contributed by atoms with Crippen molar-refractivity contribution in [1.82, 2.24) is 5.32 Å². The first-order valence-corrected chi connectivity index (χ1v) is 5.56. The summed E-state index contributed by atoms with van der Waals surface area (Å²) in [5.41, 5.74) is 0.845. The first-order valence-electron chi connectivity index (χ1n) is 5.56. The lowest BCUT2D eigenvalue weighted by Gasteiger charge is -2.25. The molecule has 82 valence electrons. The van der Waals surface area contributed by atoms with Gasteiger partial charge in [-0.25, -0.2) is 0 Å². The SMILES string of the molecule is N#CC(NC(=O)C1CCC1)c1ccccc1. The standard InChI is InChI=1S/C13H14N2O/c14-9-12(10-5-2-1-3-6-10)15-13(16)11-7-4-8-11/h1-3,5-6,11-12H,4,7-8H2,(H,15,16). The summed E-state index contributed by atoms with van der Waals surface area (Å²) in [5.74, 6) is 0.140. The van der Waals surface area contributed by atoms with Gasteiger partial charge in [0.2, 0.25) is 5.91 Å². The van der Waals surface area contributed by atoms with E-state index in [0.717, 1.165) is 24.8 Å². The van der Waals surface area contributed by atoms with Crippen LogP contribution >= 0.6 is 0 Å². The van der Waals surface area contributed by atoms with Crippen LogP contribution in [0.4, 0.5) is 0 Å². The minimum Gasteiger partial charge on any atom is -0.336 e. The van der Waals surface area contributed by atoms with Crippen molar-refractivity contribution in [3.63, 3.8) is 0 Å². The van der Waals surface area contributed by atoms with Gasteiger partial charge < -0.3 is 5.32 Å². The molecule has 2 rings (SSSR count). The first kappa shape index (κ1) is 10.7. The van der Waals surface area contributed by atoms with Gasteiger partial charge in [-0.3, -0.25) is 4.79 Å². The number of rotatable bonds is 3. The van der Waals surface area contributed by atoms with Gasteiger partial charge in [-0.2, -0.15) is 5.26 Å². The van der Waals surface area contributed by atoms with Crippen molar-refractivity contribution in [2.24, 2.45) is 5.92 Å². The van der Waals surface area contributed by atoms with Crippen LogP contribution in [0.2, 0.25) is 0 Å². The van der Waals surface area contributed by atoms with E-state index in [9.17, 15) is 4.79 Å². The number of nitriles is 1. The molecule has 1 unspecified atom stereocenters. The maximum Gasteiger partial charge on any atom is 0.224 e. The summed E-state index contributed by atoms with van der Waals surface area (Å²) in [4.78, 5) is 11.7. The highest BCUT2D eigenvalue weighted by molar-refractivity contribution is 5.80. The monoisotopic (exact) mass is 214 g/mol. The molecule has 0 heterocycles. The fraction of sp³-hybridized carbons (Fsp3) is 0.385. The number of carbonyl (C=O) groups excluding carboxylic acids is 1. The Balaban J connectivity index is 2.01. The predicted octanol–water partition coefficient (Wildman–Crippen LogP) is 2.17. The molecule has 0 spiro atoms. The van der Waals surface area contributed by atoms with Crippen LogP contribution in [-0.2, 0) is 4.79 Å². The van der Waals surface area contributed by atoms with Crippen LogP contribution in [0.5, 0.6) is 0 Å². The van der Waals surface area contributed by atoms with Crippen molar-refractivity contribution >= 4 is 5.91 Å². The minimum atomic E-state index is -0.519. The molecule has 1 fully saturated rings. The summed E-state index contributed by atoms with van der Waals surface area (Å²) in [6.07, 6.45) is 3.04. The lowest BCUT2D eigenvalue weighted by Crippen LogP contribution is -2.36. The van der Waals surface area contributed by atoms with Crippen LogP contribution in [0.15, 0.2) is 30.3 Å². The van der Waals surface area contributed by atoms with Gasteiger partial charge in [-0.05, 0) is 18.4 Å². The molecule has 1 amide bonds. The average molecular weight is 214 g/mol. The van der Waals surface area contributed by atoms with Crippen LogP contribution in [0.1, 0.15) is 30.9 Å². The lowest BCUT2D eigenvalue weighted by atomic mass is 9.84. The van der Waals surface area contributed by atoms with Gasteiger partial charge in [-0.1, -0.05) is 36.8 Å². The molecule has 0 aliphatic heterocycles. The fourth-order valence-electron chi connectivity index (χ4n) is 1.77. The predicted molar refractivity (Wildman–Crippen MR) is 60.3 cm³/mol. The van der Waals surface area contributed by atoms with Gasteiger partial charge in [0, 0.05) is 5.92 Å². The van der Waals surface area contributed by atoms with Gasteiger partial charge in [0.25, 0.3) is 0 Å². The van der Waals surface area contributed by atoms with Crippen molar-refractivity contribution in [1.29, 1.82) is 5.26 Å². The third-order valence-electron chi connectivity index (χ3n) is 3.02. The minimum absolute atomic E-state index is 0.0154. The largest absolute Gasteiger partial charge is 0.336 e. The third-order valence-corrected chi connectivity index (χ3v) is 3.02. The Bertz CT molecular complexity index is 404. The van der Waals surface area contributed by atoms with Crippen LogP contribution in [0, 0.1) is 17.2 Å². The van der Waals surface area contributed by atoms with Crippen LogP contribution in [0.25, 0.3) is 0 Å². The summed E-state index contributed by atoms with van der Waals surface area (Å²) in [6, 6.07) is 10.9. The third kappa shape index (κ3) is 2.22. The maximum absolute atomic E-state index is 11.7. The molecule has 16 heavy (non-hydrogen) atoms. The highest BCUT2D eigenvalue weighted by Crippen LogP contribution is 2.27. The molecule has 3 nitrogen and oxygen atoms in total. The Morgan fingerprint density at radius 1 is 1.38 bits per heavy atom. The number of amides is 1. The molecule has 0 saturated heterocycles. The molecular weight excluding hydrogens is 200 g/mol. The molecule has 1 atom stereocenters. The summed E-state index contributed by atoms with van der Waals surface area (Å²) >= 11 is 0. The van der Waals surface area contributed by atoms with E-state index >= 15 is 0 Å². The van der Waals surface area contributed by atoms with E-state index in [1.54, 1.807) is 0 Å². The Hall–Kier alpha value is -1.82. The van der Waals surface area contributed by atoms with E-state index in [1.165, 1.54) is 0 Å². The summed E-state index contributed by atoms with van der Waals surface area (Å²) < 4.78 is 0. The number of nitrogens with zero attached hydrogens (tertiary/aromatic N) is 1. The van der Waals surface area contributed by atoms with E-state index in [-0.39, 0.29) is 11.8 Å². The zero-order valence-electron chi connectivity index (χ0n) is 9.02. The number of carbonyl (C=O) groups is 1. The van der Waals surface area contributed by atoms with Crippen molar-refractivity contribution in [3.05, 3.63) is 35.9 Å². The van der Waals surface area contributed by atoms with Crippen LogP contribution < -0.4 is 5.32 Å². The topological polar surface area (TPSA) is 52.9 Å². The van der Waals surface area contributed by atoms with Gasteiger partial charge in [-0.15, -0.1) is 0 Å². The average Bonchev–Trinajstić information content (AvgIpc) is 2.24. The van der Waals surface area contributed by atoms with Crippen molar-refractivity contribution in [3.8, 4) is 6.07 Å². The lowest BCUT2D eigenvalue weighted by molar-refractivity contribution is -0.127. The van der Waals surface area contributed by atoms with Crippen molar-refractivity contribution in [2.45, 2.75) is 25.3 Å². The van der Waals surface area contributed by atoms with E-state index in [4.69, 9.17) is 5.26 Å². The smallest absolute Gasteiger partial charge is 0.224 e. The molecule has 0 radical (unpaired) electrons. The van der Waals surface area contributed by atoms with E-state index in [1.807, 2.05) is 30.3 Å². The molecule has 0 aromatic heterocycles. The number of benzene rings is 1. The number of hydrogen-bond donors (Lipinski definition) is 1. The normalized spacial score (nSPS) is 16.9. The summed E-state index contributed by atoms with van der Waals surface area (Å²) in [7, 11) is 0. The second kappa shape index (κ2) is 4.80. The Kier molecular flexibility index (Phi) is 3.21. The quantitative estimate of drug-likeness (QED) is 0.838. The Morgan fingerprint density at radius 3 is 2.56 bits per heavy atom. The second-order valence-electron chi connectivity index (χ2n) is 4.11. The molecule has 1 N–H and O–H groups in total. The van der Waals surface area contributed by atoms with Gasteiger partial charge >= 0.3 is 0 Å². The summed E-state index contributed by atoms with van der Waals surface area (Å²) in [6.45, 7) is 0. The van der Waals surface area contributed by atoms with E-state index in [0.29, 0.717) is 0 Å². The maximum atomic E-state index is 11.7. The second-order valence-corrected chi connectivity index (χ2v) is 4.11. The van der Waals surface area contributed by atoms with Gasteiger partial charge in [0.05, 0.1) is 6.07 Å². The Labute approximate surface area is 95.1 Å². The van der Waals surface area contributed by atoms with E-state index in [2.05, 4.69) is 11.4 Å². The molecule has 1 aliphatic rings. The molecule has 1 aromatic carbocycles. The van der Waals surface area contributed by atoms with Crippen LogP contribution in [-0.4, -0.2) is 5.91 Å². The van der Waals surface area contributed by atoms with Gasteiger partial charge in [0.1, 0.15) is 6.04 Å². The molecule has 1 aromatic rings. The van der Waals surface area contributed by atoms with Crippen molar-refractivity contribution < 1.29 is 4.79 Å². The summed E-state index contributed by atoms with van der Waals surface area (Å²) in [5, 5.41) is 11.8. The molecule has 1 aliphatic carbocycles. The van der Waals surface area contributed by atoms with E-state index < -0.39 is 6.04 Å². The molecule has 0 bridgehead atoms. The van der Waals surface area contributed by atoms with Crippen molar-refractivity contribution in [2.75, 3.05) is 0 Å². The molecule has 1 saturated carbocycles. The number of hydrogen-bond acceptors (Lipinski definition) is 2. The van der Waals surface area contributed by atoms with Crippen LogP contribution in [0.3, 0.4) is 0 Å². The fourth-order valence-corrected chi connectivity index (χ4v) is 1.77. The molecular formula is C13H14N2O. The Morgan fingerprint density at radius 2 is 2.06 bits per heavy atom. The zero-order valence-corrected chi connectivity index (χ0v) is 9.02. The zero-order chi connectivity index (χ0) is 11.4. The highest BCUT2D eigenvalue weighted by atomic mass is 16.2. The first-order chi connectivity index (χ1) is 7.81. The van der Waals surface area contributed by atoms with Gasteiger partial charge in [0.15, 0.2) is 0 Å². The number of nitrogens with one attached hydrogen (secondary N) is 1. The highest BCUT2D eigenvalue weighted by Gasteiger charge is 2.27.